The van der Waals surface area contributed by atoms with Crippen LogP contribution in [-0.2, 0) is 6.18 Å². The Balaban J connectivity index is 1.51. The number of rotatable bonds is 2. The van der Waals surface area contributed by atoms with Gasteiger partial charge in [-0.15, -0.1) is 0 Å². The summed E-state index contributed by atoms with van der Waals surface area (Å²) in [5, 5.41) is 3.37. The number of nitrogens with one attached hydrogen (secondary N) is 1. The highest BCUT2D eigenvalue weighted by Crippen LogP contribution is 2.66. The molecule has 3 saturated carbocycles. The van der Waals surface area contributed by atoms with Gasteiger partial charge in [-0.05, 0) is 61.1 Å². The highest BCUT2D eigenvalue weighted by Gasteiger charge is 2.65. The van der Waals surface area contributed by atoms with Gasteiger partial charge in [0.05, 0.1) is 16.9 Å². The van der Waals surface area contributed by atoms with E-state index >= 15 is 0 Å². The quantitative estimate of drug-likeness (QED) is 0.811. The standard InChI is InChI=1S/C15H17F3N2/c16-15(17,18)9-3-4-11(10(19)6-9)20-14-12-7-1-2-8(5-7)13(12)14/h3-4,6-8,12-14,20H,1-2,5,19H2. The molecule has 108 valence electrons. The van der Waals surface area contributed by atoms with Crippen molar-refractivity contribution in [1.82, 2.24) is 0 Å². The summed E-state index contributed by atoms with van der Waals surface area (Å²) in [4.78, 5) is 0. The van der Waals surface area contributed by atoms with E-state index in [0.717, 1.165) is 35.8 Å². The van der Waals surface area contributed by atoms with E-state index in [-0.39, 0.29) is 5.69 Å². The average molecular weight is 282 g/mol. The number of fused-ring (bicyclic) bond motifs is 5. The molecule has 2 bridgehead atoms. The van der Waals surface area contributed by atoms with Crippen LogP contribution in [0, 0.1) is 23.7 Å². The van der Waals surface area contributed by atoms with Crippen LogP contribution in [0.2, 0.25) is 0 Å². The zero-order chi connectivity index (χ0) is 14.1. The van der Waals surface area contributed by atoms with Crippen molar-refractivity contribution in [3.05, 3.63) is 23.8 Å². The van der Waals surface area contributed by atoms with Crippen molar-refractivity contribution in [1.29, 1.82) is 0 Å². The summed E-state index contributed by atoms with van der Waals surface area (Å²) in [6.07, 6.45) is -0.323. The average Bonchev–Trinajstić information content (AvgIpc) is 2.78. The monoisotopic (exact) mass is 282 g/mol. The molecule has 4 atom stereocenters. The van der Waals surface area contributed by atoms with E-state index in [1.807, 2.05) is 0 Å². The largest absolute Gasteiger partial charge is 0.416 e. The summed E-state index contributed by atoms with van der Waals surface area (Å²) in [5.41, 5.74) is 5.92. The summed E-state index contributed by atoms with van der Waals surface area (Å²) < 4.78 is 37.8. The predicted molar refractivity (Wildman–Crippen MR) is 71.1 cm³/mol. The van der Waals surface area contributed by atoms with Gasteiger partial charge in [-0.25, -0.2) is 0 Å². The maximum absolute atomic E-state index is 12.6. The Morgan fingerprint density at radius 3 is 2.30 bits per heavy atom. The second-order valence-corrected chi connectivity index (χ2v) is 6.46. The van der Waals surface area contributed by atoms with Crippen molar-refractivity contribution in [3.8, 4) is 0 Å². The van der Waals surface area contributed by atoms with Gasteiger partial charge in [-0.3, -0.25) is 0 Å². The lowest BCUT2D eigenvalue weighted by atomic mass is 10.0. The van der Waals surface area contributed by atoms with Crippen LogP contribution in [0.1, 0.15) is 24.8 Å². The van der Waals surface area contributed by atoms with Crippen molar-refractivity contribution in [2.24, 2.45) is 23.7 Å². The Kier molecular flexibility index (Phi) is 2.37. The summed E-state index contributed by atoms with van der Waals surface area (Å²) in [6.45, 7) is 0. The van der Waals surface area contributed by atoms with E-state index in [1.165, 1.54) is 25.3 Å². The van der Waals surface area contributed by atoms with Gasteiger partial charge in [-0.1, -0.05) is 0 Å². The molecule has 20 heavy (non-hydrogen) atoms. The zero-order valence-electron chi connectivity index (χ0n) is 11.0. The van der Waals surface area contributed by atoms with Crippen LogP contribution in [-0.4, -0.2) is 6.04 Å². The summed E-state index contributed by atoms with van der Waals surface area (Å²) >= 11 is 0. The molecule has 0 aliphatic heterocycles. The molecule has 0 saturated heterocycles. The molecule has 2 nitrogen and oxygen atoms in total. The van der Waals surface area contributed by atoms with E-state index in [2.05, 4.69) is 5.32 Å². The van der Waals surface area contributed by atoms with Crippen molar-refractivity contribution in [2.75, 3.05) is 11.1 Å². The Morgan fingerprint density at radius 1 is 1.10 bits per heavy atom. The summed E-state index contributed by atoms with van der Waals surface area (Å²) in [5.74, 6) is 3.13. The summed E-state index contributed by atoms with van der Waals surface area (Å²) in [6, 6.07) is 4.02. The molecular formula is C15H17F3N2. The van der Waals surface area contributed by atoms with Crippen LogP contribution in [0.25, 0.3) is 0 Å². The van der Waals surface area contributed by atoms with E-state index < -0.39 is 11.7 Å². The van der Waals surface area contributed by atoms with Crippen molar-refractivity contribution >= 4 is 11.4 Å². The molecule has 1 aromatic rings. The normalized spacial score (nSPS) is 37.9. The first-order chi connectivity index (χ1) is 9.45. The molecule has 4 unspecified atom stereocenters. The number of nitrogens with two attached hydrogens (primary N) is 1. The number of anilines is 2. The van der Waals surface area contributed by atoms with Crippen molar-refractivity contribution in [3.63, 3.8) is 0 Å². The van der Waals surface area contributed by atoms with Gasteiger partial charge >= 0.3 is 6.18 Å². The van der Waals surface area contributed by atoms with E-state index in [9.17, 15) is 13.2 Å². The molecule has 4 rings (SSSR count). The van der Waals surface area contributed by atoms with Crippen LogP contribution < -0.4 is 11.1 Å². The molecule has 0 aromatic heterocycles. The molecule has 1 aromatic carbocycles. The first-order valence-electron chi connectivity index (χ1n) is 7.18. The molecule has 0 heterocycles. The van der Waals surface area contributed by atoms with Crippen LogP contribution in [0.4, 0.5) is 24.5 Å². The van der Waals surface area contributed by atoms with Crippen LogP contribution in [0.15, 0.2) is 18.2 Å². The lowest BCUT2D eigenvalue weighted by Gasteiger charge is -2.15. The molecule has 0 radical (unpaired) electrons. The first-order valence-corrected chi connectivity index (χ1v) is 7.18. The Bertz CT molecular complexity index is 539. The number of hydrogen-bond donors (Lipinski definition) is 2. The van der Waals surface area contributed by atoms with Gasteiger partial charge < -0.3 is 11.1 Å². The lowest BCUT2D eigenvalue weighted by Crippen LogP contribution is -2.14. The maximum atomic E-state index is 12.6. The Hall–Kier alpha value is -1.39. The van der Waals surface area contributed by atoms with Gasteiger partial charge in [0.15, 0.2) is 0 Å². The number of halogens is 3. The molecule has 5 heteroatoms. The molecular weight excluding hydrogens is 265 g/mol. The number of alkyl halides is 3. The topological polar surface area (TPSA) is 38.0 Å². The van der Waals surface area contributed by atoms with Gasteiger partial charge in [-0.2, -0.15) is 13.2 Å². The third-order valence-corrected chi connectivity index (χ3v) is 5.44. The number of hydrogen-bond acceptors (Lipinski definition) is 2. The maximum Gasteiger partial charge on any atom is 0.416 e. The smallest absolute Gasteiger partial charge is 0.397 e. The van der Waals surface area contributed by atoms with Gasteiger partial charge in [0.2, 0.25) is 0 Å². The number of nitrogen functional groups attached to an aromatic ring is 1. The molecule has 0 amide bonds. The Labute approximate surface area is 115 Å². The minimum absolute atomic E-state index is 0.192. The van der Waals surface area contributed by atoms with Gasteiger partial charge in [0.1, 0.15) is 0 Å². The van der Waals surface area contributed by atoms with Crippen LogP contribution in [0.5, 0.6) is 0 Å². The highest BCUT2D eigenvalue weighted by atomic mass is 19.4. The molecule has 3 aliphatic rings. The highest BCUT2D eigenvalue weighted by molar-refractivity contribution is 5.68. The fourth-order valence-electron chi connectivity index (χ4n) is 4.57. The third-order valence-electron chi connectivity index (χ3n) is 5.44. The zero-order valence-corrected chi connectivity index (χ0v) is 11.0. The minimum Gasteiger partial charge on any atom is -0.397 e. The van der Waals surface area contributed by atoms with Crippen LogP contribution >= 0.6 is 0 Å². The van der Waals surface area contributed by atoms with Crippen LogP contribution in [0.3, 0.4) is 0 Å². The lowest BCUT2D eigenvalue weighted by molar-refractivity contribution is -0.137. The van der Waals surface area contributed by atoms with Gasteiger partial charge in [0, 0.05) is 6.04 Å². The van der Waals surface area contributed by atoms with Crippen molar-refractivity contribution < 1.29 is 13.2 Å². The van der Waals surface area contributed by atoms with E-state index in [4.69, 9.17) is 5.73 Å². The molecule has 3 aliphatic carbocycles. The van der Waals surface area contributed by atoms with E-state index in [0.29, 0.717) is 11.7 Å². The Morgan fingerprint density at radius 2 is 1.75 bits per heavy atom. The fourth-order valence-corrected chi connectivity index (χ4v) is 4.57. The fraction of sp³-hybridized carbons (Fsp3) is 0.600. The molecule has 3 fully saturated rings. The second kappa shape index (κ2) is 3.83. The summed E-state index contributed by atoms with van der Waals surface area (Å²) in [7, 11) is 0. The van der Waals surface area contributed by atoms with E-state index in [1.54, 1.807) is 0 Å². The molecule has 0 spiro atoms. The SMILES string of the molecule is Nc1cc(C(F)(F)F)ccc1NC1C2C3CCC(C3)C12. The second-order valence-electron chi connectivity index (χ2n) is 6.46. The minimum atomic E-state index is -4.33. The molecule has 3 N–H and O–H groups in total. The third kappa shape index (κ3) is 1.71. The van der Waals surface area contributed by atoms with Gasteiger partial charge in [0.25, 0.3) is 0 Å². The number of benzene rings is 1. The predicted octanol–water partition coefficient (Wildman–Crippen LogP) is 3.74. The first kappa shape index (κ1) is 12.4. The van der Waals surface area contributed by atoms with Crippen molar-refractivity contribution in [2.45, 2.75) is 31.5 Å².